The lowest BCUT2D eigenvalue weighted by Crippen LogP contribution is -2.29. The second-order valence-electron chi connectivity index (χ2n) is 2.14. The lowest BCUT2D eigenvalue weighted by molar-refractivity contribution is -0.145. The standard InChI is InChI=1S/C3H4N8O2/c12-3(13,1-4-8-9-5-1)2-6-10-11-7-2/h12-13H,(H,4,5,8,9)(H,6,7,10,11). The molecule has 0 radical (unpaired) electrons. The molecule has 0 saturated carbocycles. The molecule has 0 spiro atoms. The molecule has 4 N–H and O–H groups in total. The van der Waals surface area contributed by atoms with Gasteiger partial charge in [0, 0.05) is 0 Å². The fraction of sp³-hybridized carbons (Fsp3) is 0.333. The molecule has 0 amide bonds. The summed E-state index contributed by atoms with van der Waals surface area (Å²) in [6.45, 7) is 0. The highest BCUT2D eigenvalue weighted by Gasteiger charge is 2.38. The van der Waals surface area contributed by atoms with Gasteiger partial charge >= 0.3 is 0 Å². The van der Waals surface area contributed by atoms with Crippen LogP contribution >= 0.6 is 0 Å². The third-order valence-corrected chi connectivity index (χ3v) is 1.31. The Morgan fingerprint density at radius 1 is 0.923 bits per heavy atom. The summed E-state index contributed by atoms with van der Waals surface area (Å²) in [6.07, 6.45) is 0. The average Bonchev–Trinajstić information content (AvgIpc) is 2.78. The molecule has 0 aliphatic rings. The van der Waals surface area contributed by atoms with Gasteiger partial charge in [0.15, 0.2) is 0 Å². The van der Waals surface area contributed by atoms with E-state index in [-0.39, 0.29) is 11.6 Å². The molecule has 10 heteroatoms. The molecule has 0 unspecified atom stereocenters. The summed E-state index contributed by atoms with van der Waals surface area (Å²) in [4.78, 5) is 0. The van der Waals surface area contributed by atoms with Gasteiger partial charge in [0.2, 0.25) is 11.6 Å². The van der Waals surface area contributed by atoms with Crippen LogP contribution in [0.2, 0.25) is 0 Å². The lowest BCUT2D eigenvalue weighted by atomic mass is 10.2. The van der Waals surface area contributed by atoms with Crippen molar-refractivity contribution >= 4 is 0 Å². The zero-order chi connectivity index (χ0) is 9.31. The predicted molar refractivity (Wildman–Crippen MR) is 33.6 cm³/mol. The van der Waals surface area contributed by atoms with Gasteiger partial charge in [-0.25, -0.2) is 0 Å². The van der Waals surface area contributed by atoms with Crippen LogP contribution in [0.5, 0.6) is 0 Å². The number of hydrogen-bond donors (Lipinski definition) is 4. The molecule has 0 aromatic carbocycles. The van der Waals surface area contributed by atoms with E-state index in [1.54, 1.807) is 0 Å². The maximum Gasteiger partial charge on any atom is 0.296 e. The van der Waals surface area contributed by atoms with Gasteiger partial charge in [-0.3, -0.25) is 0 Å². The van der Waals surface area contributed by atoms with Crippen LogP contribution in [0.4, 0.5) is 0 Å². The minimum atomic E-state index is -2.49. The van der Waals surface area contributed by atoms with Crippen molar-refractivity contribution in [3.8, 4) is 0 Å². The molecule has 0 aliphatic carbocycles. The summed E-state index contributed by atoms with van der Waals surface area (Å²) in [5.74, 6) is -3.19. The third-order valence-electron chi connectivity index (χ3n) is 1.31. The van der Waals surface area contributed by atoms with E-state index in [1.165, 1.54) is 0 Å². The van der Waals surface area contributed by atoms with Gasteiger partial charge < -0.3 is 10.2 Å². The number of H-pyrrole nitrogens is 2. The van der Waals surface area contributed by atoms with Crippen molar-refractivity contribution < 1.29 is 10.2 Å². The normalized spacial score (nSPS) is 11.8. The largest absolute Gasteiger partial charge is 0.353 e. The van der Waals surface area contributed by atoms with Crippen molar-refractivity contribution in [1.82, 2.24) is 41.2 Å². The number of nitrogens with one attached hydrogen (secondary N) is 2. The summed E-state index contributed by atoms with van der Waals surface area (Å²) in [5, 5.41) is 42.8. The van der Waals surface area contributed by atoms with Crippen LogP contribution in [0.3, 0.4) is 0 Å². The molecular weight excluding hydrogens is 180 g/mol. The van der Waals surface area contributed by atoms with Crippen molar-refractivity contribution in [1.29, 1.82) is 0 Å². The van der Waals surface area contributed by atoms with E-state index in [2.05, 4.69) is 41.2 Å². The molecule has 2 aromatic rings. The van der Waals surface area contributed by atoms with Crippen molar-refractivity contribution in [2.24, 2.45) is 0 Å². The van der Waals surface area contributed by atoms with Crippen molar-refractivity contribution in [2.45, 2.75) is 5.79 Å². The first-order chi connectivity index (χ1) is 6.21. The number of tetrazole rings is 2. The molecule has 0 atom stereocenters. The Labute approximate surface area is 70.0 Å². The molecule has 0 saturated heterocycles. The zero-order valence-corrected chi connectivity index (χ0v) is 6.08. The predicted octanol–water partition coefficient (Wildman–Crippen LogP) is -3.10. The van der Waals surface area contributed by atoms with E-state index in [0.717, 1.165) is 0 Å². The molecule has 2 heterocycles. The van der Waals surface area contributed by atoms with Crippen molar-refractivity contribution in [2.75, 3.05) is 0 Å². The fourth-order valence-electron chi connectivity index (χ4n) is 0.719. The van der Waals surface area contributed by atoms with Crippen LogP contribution < -0.4 is 0 Å². The molecule has 0 bridgehead atoms. The number of hydrogen-bond acceptors (Lipinski definition) is 8. The van der Waals surface area contributed by atoms with Crippen molar-refractivity contribution in [3.63, 3.8) is 0 Å². The van der Waals surface area contributed by atoms with Gasteiger partial charge in [-0.2, -0.15) is 10.4 Å². The highest BCUT2D eigenvalue weighted by Crippen LogP contribution is 2.17. The minimum Gasteiger partial charge on any atom is -0.353 e. The molecule has 68 valence electrons. The Bertz CT molecular complexity index is 328. The van der Waals surface area contributed by atoms with E-state index in [4.69, 9.17) is 0 Å². The highest BCUT2D eigenvalue weighted by molar-refractivity contribution is 5.05. The van der Waals surface area contributed by atoms with E-state index in [1.807, 2.05) is 0 Å². The van der Waals surface area contributed by atoms with Gasteiger partial charge in [-0.15, -0.1) is 20.4 Å². The molecule has 0 aliphatic heterocycles. The van der Waals surface area contributed by atoms with Gasteiger partial charge in [-0.05, 0) is 10.4 Å². The Kier molecular flexibility index (Phi) is 1.50. The summed E-state index contributed by atoms with van der Waals surface area (Å²) in [6, 6.07) is 0. The molecular formula is C3H4N8O2. The minimum absolute atomic E-state index is 0.353. The van der Waals surface area contributed by atoms with Crippen LogP contribution in [0.25, 0.3) is 0 Å². The third kappa shape index (κ3) is 1.13. The number of aromatic amines is 2. The topological polar surface area (TPSA) is 149 Å². The first-order valence-corrected chi connectivity index (χ1v) is 3.14. The van der Waals surface area contributed by atoms with Crippen LogP contribution in [0, 0.1) is 0 Å². The van der Waals surface area contributed by atoms with E-state index in [0.29, 0.717) is 0 Å². The van der Waals surface area contributed by atoms with E-state index in [9.17, 15) is 10.2 Å². The van der Waals surface area contributed by atoms with Crippen molar-refractivity contribution in [3.05, 3.63) is 11.6 Å². The van der Waals surface area contributed by atoms with Crippen LogP contribution in [0.1, 0.15) is 11.6 Å². The van der Waals surface area contributed by atoms with Crippen LogP contribution in [-0.2, 0) is 5.79 Å². The fourth-order valence-corrected chi connectivity index (χ4v) is 0.719. The Hall–Kier alpha value is -1.94. The van der Waals surface area contributed by atoms with E-state index < -0.39 is 5.79 Å². The lowest BCUT2D eigenvalue weighted by Gasteiger charge is -2.11. The molecule has 13 heavy (non-hydrogen) atoms. The van der Waals surface area contributed by atoms with Gasteiger partial charge in [0.1, 0.15) is 0 Å². The molecule has 2 aromatic heterocycles. The van der Waals surface area contributed by atoms with E-state index >= 15 is 0 Å². The number of aliphatic hydroxyl groups is 2. The summed E-state index contributed by atoms with van der Waals surface area (Å²) in [7, 11) is 0. The van der Waals surface area contributed by atoms with Gasteiger partial charge in [0.25, 0.3) is 5.79 Å². The maximum atomic E-state index is 9.42. The second kappa shape index (κ2) is 2.53. The SMILES string of the molecule is OC(O)(c1nn[nH]n1)c1nn[nH]n1. The summed E-state index contributed by atoms with van der Waals surface area (Å²) >= 11 is 0. The number of rotatable bonds is 2. The quantitative estimate of drug-likeness (QED) is 0.358. The Morgan fingerprint density at radius 2 is 1.38 bits per heavy atom. The number of nitrogens with zero attached hydrogens (tertiary/aromatic N) is 6. The van der Waals surface area contributed by atoms with Crippen LogP contribution in [0.15, 0.2) is 0 Å². The molecule has 0 fully saturated rings. The van der Waals surface area contributed by atoms with Gasteiger partial charge in [-0.1, -0.05) is 0 Å². The smallest absolute Gasteiger partial charge is 0.296 e. The summed E-state index contributed by atoms with van der Waals surface area (Å²) in [5.41, 5.74) is 0. The Balaban J connectivity index is 2.42. The van der Waals surface area contributed by atoms with Gasteiger partial charge in [0.05, 0.1) is 0 Å². The zero-order valence-electron chi connectivity index (χ0n) is 6.08. The Morgan fingerprint density at radius 3 is 1.69 bits per heavy atom. The first kappa shape index (κ1) is 7.70. The maximum absolute atomic E-state index is 9.42. The summed E-state index contributed by atoms with van der Waals surface area (Å²) < 4.78 is 0. The first-order valence-electron chi connectivity index (χ1n) is 3.14. The van der Waals surface area contributed by atoms with Crippen LogP contribution in [-0.4, -0.2) is 51.5 Å². The highest BCUT2D eigenvalue weighted by atomic mass is 16.5. The average molecular weight is 184 g/mol. The monoisotopic (exact) mass is 184 g/mol. The molecule has 10 nitrogen and oxygen atoms in total. The number of aromatic nitrogens is 8. The second-order valence-corrected chi connectivity index (χ2v) is 2.14. The molecule has 2 rings (SSSR count).